The van der Waals surface area contributed by atoms with Crippen LogP contribution in [0.1, 0.15) is 22.5 Å². The first-order valence-electron chi connectivity index (χ1n) is 5.71. The fourth-order valence-corrected chi connectivity index (χ4v) is 1.46. The molecule has 98 valence electrons. The number of nitrogens with one attached hydrogen (secondary N) is 3. The van der Waals surface area contributed by atoms with Gasteiger partial charge in [0.25, 0.3) is 5.91 Å². The van der Waals surface area contributed by atoms with Gasteiger partial charge in [-0.25, -0.2) is 0 Å². The van der Waals surface area contributed by atoms with E-state index in [0.717, 1.165) is 11.4 Å². The SMILES string of the molecule is CNC(=O)CCNC(=O)c1cnc(C)cc1NC. The summed E-state index contributed by atoms with van der Waals surface area (Å²) in [7, 11) is 3.31. The third-order valence-corrected chi connectivity index (χ3v) is 2.47. The standard InChI is InChI=1S/C12H18N4O2/c1-8-6-10(13-2)9(7-16-8)12(18)15-5-4-11(17)14-3/h6-7H,4-5H2,1-3H3,(H,13,16)(H,14,17)(H,15,18). The molecule has 1 rings (SSSR count). The summed E-state index contributed by atoms with van der Waals surface area (Å²) in [5.74, 6) is -0.345. The number of nitrogens with zero attached hydrogens (tertiary/aromatic N) is 1. The lowest BCUT2D eigenvalue weighted by Crippen LogP contribution is -2.29. The van der Waals surface area contributed by atoms with Gasteiger partial charge in [0.2, 0.25) is 5.91 Å². The summed E-state index contributed by atoms with van der Waals surface area (Å²) in [6, 6.07) is 1.80. The van der Waals surface area contributed by atoms with Crippen LogP contribution in [0.3, 0.4) is 0 Å². The molecule has 1 aromatic rings. The predicted molar refractivity (Wildman–Crippen MR) is 69.5 cm³/mol. The molecule has 0 saturated carbocycles. The molecule has 0 fully saturated rings. The van der Waals surface area contributed by atoms with Gasteiger partial charge in [0, 0.05) is 39.0 Å². The van der Waals surface area contributed by atoms with Gasteiger partial charge in [-0.1, -0.05) is 0 Å². The molecular formula is C12H18N4O2. The van der Waals surface area contributed by atoms with Crippen LogP contribution in [0.4, 0.5) is 5.69 Å². The van der Waals surface area contributed by atoms with Crippen LogP contribution in [0.5, 0.6) is 0 Å². The lowest BCUT2D eigenvalue weighted by Gasteiger charge is -2.09. The second kappa shape index (κ2) is 6.58. The van der Waals surface area contributed by atoms with Gasteiger partial charge in [-0.2, -0.15) is 0 Å². The lowest BCUT2D eigenvalue weighted by atomic mass is 10.2. The molecule has 0 radical (unpaired) electrons. The minimum Gasteiger partial charge on any atom is -0.387 e. The molecule has 2 amide bonds. The van der Waals surface area contributed by atoms with Crippen LogP contribution in [0, 0.1) is 6.92 Å². The molecule has 0 aromatic carbocycles. The number of hydrogen-bond acceptors (Lipinski definition) is 4. The number of carbonyl (C=O) groups excluding carboxylic acids is 2. The number of aromatic nitrogens is 1. The number of hydrogen-bond donors (Lipinski definition) is 3. The summed E-state index contributed by atoms with van der Waals surface area (Å²) < 4.78 is 0. The highest BCUT2D eigenvalue weighted by Gasteiger charge is 2.11. The molecule has 18 heavy (non-hydrogen) atoms. The second-order valence-corrected chi connectivity index (χ2v) is 3.80. The van der Waals surface area contributed by atoms with Gasteiger partial charge in [0.1, 0.15) is 0 Å². The van der Waals surface area contributed by atoms with E-state index in [1.54, 1.807) is 20.2 Å². The number of amides is 2. The molecule has 1 heterocycles. The third kappa shape index (κ3) is 3.73. The summed E-state index contributed by atoms with van der Waals surface area (Å²) in [6.07, 6.45) is 1.78. The Morgan fingerprint density at radius 3 is 2.67 bits per heavy atom. The molecule has 0 unspecified atom stereocenters. The Kier molecular flexibility index (Phi) is 5.10. The average Bonchev–Trinajstić information content (AvgIpc) is 2.37. The summed E-state index contributed by atoms with van der Waals surface area (Å²) in [5, 5.41) is 8.12. The van der Waals surface area contributed by atoms with Crippen LogP contribution in [0.25, 0.3) is 0 Å². The highest BCUT2D eigenvalue weighted by molar-refractivity contribution is 5.99. The van der Waals surface area contributed by atoms with Gasteiger partial charge in [0.05, 0.1) is 11.3 Å². The predicted octanol–water partition coefficient (Wildman–Crippen LogP) is 0.298. The molecule has 1 aromatic heterocycles. The number of rotatable bonds is 5. The maximum Gasteiger partial charge on any atom is 0.254 e. The molecule has 0 saturated heterocycles. The first-order chi connectivity index (χ1) is 8.58. The highest BCUT2D eigenvalue weighted by Crippen LogP contribution is 2.14. The molecule has 0 spiro atoms. The second-order valence-electron chi connectivity index (χ2n) is 3.80. The van der Waals surface area contributed by atoms with E-state index < -0.39 is 0 Å². The van der Waals surface area contributed by atoms with E-state index in [9.17, 15) is 9.59 Å². The topological polar surface area (TPSA) is 83.1 Å². The van der Waals surface area contributed by atoms with Crippen molar-refractivity contribution in [1.82, 2.24) is 15.6 Å². The van der Waals surface area contributed by atoms with E-state index in [0.29, 0.717) is 12.1 Å². The molecular weight excluding hydrogens is 232 g/mol. The largest absolute Gasteiger partial charge is 0.387 e. The first kappa shape index (κ1) is 14.0. The van der Waals surface area contributed by atoms with Crippen molar-refractivity contribution in [3.8, 4) is 0 Å². The van der Waals surface area contributed by atoms with E-state index in [2.05, 4.69) is 20.9 Å². The molecule has 0 aliphatic heterocycles. The molecule has 0 bridgehead atoms. The number of anilines is 1. The van der Waals surface area contributed by atoms with Crippen LogP contribution in [-0.2, 0) is 4.79 Å². The monoisotopic (exact) mass is 250 g/mol. The highest BCUT2D eigenvalue weighted by atomic mass is 16.2. The summed E-state index contributed by atoms with van der Waals surface area (Å²) >= 11 is 0. The van der Waals surface area contributed by atoms with Crippen molar-refractivity contribution in [2.75, 3.05) is 26.0 Å². The van der Waals surface area contributed by atoms with Gasteiger partial charge in [-0.3, -0.25) is 14.6 Å². The smallest absolute Gasteiger partial charge is 0.254 e. The van der Waals surface area contributed by atoms with E-state index in [1.807, 2.05) is 6.92 Å². The normalized spacial score (nSPS) is 9.72. The molecule has 0 aliphatic carbocycles. The Morgan fingerprint density at radius 1 is 1.33 bits per heavy atom. The van der Waals surface area contributed by atoms with Crippen LogP contribution >= 0.6 is 0 Å². The van der Waals surface area contributed by atoms with Gasteiger partial charge in [-0.15, -0.1) is 0 Å². The Balaban J connectivity index is 2.64. The quantitative estimate of drug-likeness (QED) is 0.701. The zero-order valence-electron chi connectivity index (χ0n) is 10.8. The molecule has 3 N–H and O–H groups in total. The Hall–Kier alpha value is -2.11. The number of carbonyl (C=O) groups is 2. The Labute approximate surface area is 106 Å². The summed E-state index contributed by atoms with van der Waals surface area (Å²) in [4.78, 5) is 27.0. The molecule has 6 heteroatoms. The zero-order valence-corrected chi connectivity index (χ0v) is 10.8. The van der Waals surface area contributed by atoms with Crippen molar-refractivity contribution in [3.05, 3.63) is 23.5 Å². The van der Waals surface area contributed by atoms with Crippen molar-refractivity contribution in [1.29, 1.82) is 0 Å². The van der Waals surface area contributed by atoms with E-state index >= 15 is 0 Å². The van der Waals surface area contributed by atoms with Crippen molar-refractivity contribution in [2.24, 2.45) is 0 Å². The zero-order chi connectivity index (χ0) is 13.5. The number of aryl methyl sites for hydroxylation is 1. The van der Waals surface area contributed by atoms with Crippen LogP contribution < -0.4 is 16.0 Å². The molecule has 0 atom stereocenters. The van der Waals surface area contributed by atoms with Gasteiger partial charge >= 0.3 is 0 Å². The van der Waals surface area contributed by atoms with Crippen LogP contribution in [-0.4, -0.2) is 37.4 Å². The number of pyridine rings is 1. The van der Waals surface area contributed by atoms with Crippen LogP contribution in [0.2, 0.25) is 0 Å². The Bertz CT molecular complexity index is 446. The van der Waals surface area contributed by atoms with E-state index in [4.69, 9.17) is 0 Å². The maximum atomic E-state index is 11.9. The van der Waals surface area contributed by atoms with Gasteiger partial charge < -0.3 is 16.0 Å². The first-order valence-corrected chi connectivity index (χ1v) is 5.71. The van der Waals surface area contributed by atoms with Crippen molar-refractivity contribution >= 4 is 17.5 Å². The van der Waals surface area contributed by atoms with Crippen molar-refractivity contribution in [2.45, 2.75) is 13.3 Å². The molecule has 6 nitrogen and oxygen atoms in total. The lowest BCUT2D eigenvalue weighted by molar-refractivity contribution is -0.120. The van der Waals surface area contributed by atoms with E-state index in [-0.39, 0.29) is 18.2 Å². The average molecular weight is 250 g/mol. The van der Waals surface area contributed by atoms with Crippen molar-refractivity contribution in [3.63, 3.8) is 0 Å². The van der Waals surface area contributed by atoms with E-state index in [1.165, 1.54) is 6.20 Å². The Morgan fingerprint density at radius 2 is 2.06 bits per heavy atom. The fraction of sp³-hybridized carbons (Fsp3) is 0.417. The van der Waals surface area contributed by atoms with Crippen LogP contribution in [0.15, 0.2) is 12.3 Å². The van der Waals surface area contributed by atoms with Gasteiger partial charge in [0.15, 0.2) is 0 Å². The minimum atomic E-state index is -0.240. The maximum absolute atomic E-state index is 11.9. The third-order valence-electron chi connectivity index (χ3n) is 2.47. The minimum absolute atomic E-state index is 0.105. The van der Waals surface area contributed by atoms with Gasteiger partial charge in [-0.05, 0) is 13.0 Å². The summed E-state index contributed by atoms with van der Waals surface area (Å²) in [6.45, 7) is 2.16. The molecule has 0 aliphatic rings. The van der Waals surface area contributed by atoms with Crippen molar-refractivity contribution < 1.29 is 9.59 Å². The fourth-order valence-electron chi connectivity index (χ4n) is 1.46. The summed E-state index contributed by atoms with van der Waals surface area (Å²) in [5.41, 5.74) is 2.03.